The Morgan fingerprint density at radius 1 is 1.04 bits per heavy atom. The highest BCUT2D eigenvalue weighted by Crippen LogP contribution is 2.21. The predicted molar refractivity (Wildman–Crippen MR) is 99.6 cm³/mol. The van der Waals surface area contributed by atoms with E-state index >= 15 is 0 Å². The van der Waals surface area contributed by atoms with Gasteiger partial charge in [0.2, 0.25) is 0 Å². The fraction of sp³-hybridized carbons (Fsp3) is 0.235. The van der Waals surface area contributed by atoms with E-state index in [2.05, 4.69) is 15.1 Å². The molecule has 0 bridgehead atoms. The van der Waals surface area contributed by atoms with Gasteiger partial charge in [0, 0.05) is 48.6 Å². The smallest absolute Gasteiger partial charge is 0.173 e. The Kier molecular flexibility index (Phi) is 4.88. The number of aromatic hydroxyl groups is 1. The number of anilines is 2. The van der Waals surface area contributed by atoms with E-state index in [4.69, 9.17) is 23.8 Å². The minimum absolute atomic E-state index is 0.296. The highest BCUT2D eigenvalue weighted by atomic mass is 35.5. The third kappa shape index (κ3) is 4.06. The van der Waals surface area contributed by atoms with Crippen molar-refractivity contribution in [2.45, 2.75) is 0 Å². The molecular formula is C17H18ClN3OS. The summed E-state index contributed by atoms with van der Waals surface area (Å²) in [7, 11) is 0. The number of halogens is 1. The standard InChI is InChI=1S/C17H18ClN3OS/c18-13-4-6-14(7-5-13)19-17(23)21-10-8-20(9-11-21)15-2-1-3-16(22)12-15/h1-7,12,22H,8-11H2,(H,19,23). The second-order valence-corrected chi connectivity index (χ2v) is 6.25. The molecule has 6 heteroatoms. The van der Waals surface area contributed by atoms with Crippen LogP contribution in [0.1, 0.15) is 0 Å². The first kappa shape index (κ1) is 15.9. The summed E-state index contributed by atoms with van der Waals surface area (Å²) in [6.45, 7) is 3.42. The molecule has 2 aromatic rings. The Labute approximate surface area is 146 Å². The molecule has 4 nitrogen and oxygen atoms in total. The summed E-state index contributed by atoms with van der Waals surface area (Å²) in [6.07, 6.45) is 0. The van der Waals surface area contributed by atoms with Gasteiger partial charge in [0.1, 0.15) is 5.75 Å². The maximum atomic E-state index is 9.59. The van der Waals surface area contributed by atoms with Crippen LogP contribution in [0, 0.1) is 0 Å². The lowest BCUT2D eigenvalue weighted by Gasteiger charge is -2.37. The molecule has 1 aliphatic heterocycles. The van der Waals surface area contributed by atoms with Crippen molar-refractivity contribution < 1.29 is 5.11 Å². The van der Waals surface area contributed by atoms with E-state index in [0.717, 1.165) is 42.7 Å². The molecule has 0 spiro atoms. The highest BCUT2D eigenvalue weighted by molar-refractivity contribution is 7.80. The number of piperazine rings is 1. The van der Waals surface area contributed by atoms with E-state index in [1.165, 1.54) is 0 Å². The maximum Gasteiger partial charge on any atom is 0.173 e. The number of rotatable bonds is 2. The quantitative estimate of drug-likeness (QED) is 0.813. The second-order valence-electron chi connectivity index (χ2n) is 5.43. The van der Waals surface area contributed by atoms with Crippen LogP contribution in [-0.4, -0.2) is 41.3 Å². The number of hydrogen-bond acceptors (Lipinski definition) is 3. The van der Waals surface area contributed by atoms with Crippen molar-refractivity contribution in [2.75, 3.05) is 36.4 Å². The van der Waals surface area contributed by atoms with Crippen LogP contribution in [0.4, 0.5) is 11.4 Å². The Bertz CT molecular complexity index is 684. The van der Waals surface area contributed by atoms with E-state index in [9.17, 15) is 5.11 Å². The first-order valence-corrected chi connectivity index (χ1v) is 8.26. The lowest BCUT2D eigenvalue weighted by molar-refractivity contribution is 0.390. The number of nitrogens with one attached hydrogen (secondary N) is 1. The molecular weight excluding hydrogens is 330 g/mol. The molecule has 2 aromatic carbocycles. The van der Waals surface area contributed by atoms with Crippen molar-refractivity contribution in [2.24, 2.45) is 0 Å². The first-order chi connectivity index (χ1) is 11.1. The highest BCUT2D eigenvalue weighted by Gasteiger charge is 2.19. The number of phenolic OH excluding ortho intramolecular Hbond substituents is 1. The Morgan fingerprint density at radius 2 is 1.74 bits per heavy atom. The van der Waals surface area contributed by atoms with Gasteiger partial charge < -0.3 is 20.2 Å². The predicted octanol–water partition coefficient (Wildman–Crippen LogP) is 3.56. The normalized spacial score (nSPS) is 14.7. The molecule has 0 radical (unpaired) electrons. The summed E-state index contributed by atoms with van der Waals surface area (Å²) >= 11 is 11.4. The molecule has 1 heterocycles. The molecule has 0 unspecified atom stereocenters. The second kappa shape index (κ2) is 7.06. The molecule has 1 fully saturated rings. The van der Waals surface area contributed by atoms with E-state index < -0.39 is 0 Å². The fourth-order valence-electron chi connectivity index (χ4n) is 2.59. The zero-order chi connectivity index (χ0) is 16.2. The van der Waals surface area contributed by atoms with Gasteiger partial charge in [0.15, 0.2) is 5.11 Å². The van der Waals surface area contributed by atoms with E-state index in [-0.39, 0.29) is 0 Å². The third-order valence-electron chi connectivity index (χ3n) is 3.86. The van der Waals surface area contributed by atoms with E-state index in [1.807, 2.05) is 36.4 Å². The monoisotopic (exact) mass is 347 g/mol. The number of nitrogens with zero attached hydrogens (tertiary/aromatic N) is 2. The third-order valence-corrected chi connectivity index (χ3v) is 4.47. The largest absolute Gasteiger partial charge is 0.508 e. The maximum absolute atomic E-state index is 9.59. The van der Waals surface area contributed by atoms with Gasteiger partial charge in [-0.1, -0.05) is 17.7 Å². The van der Waals surface area contributed by atoms with Gasteiger partial charge in [0.25, 0.3) is 0 Å². The van der Waals surface area contributed by atoms with Crippen molar-refractivity contribution in [3.05, 3.63) is 53.6 Å². The van der Waals surface area contributed by atoms with Gasteiger partial charge in [-0.2, -0.15) is 0 Å². The van der Waals surface area contributed by atoms with Crippen LogP contribution in [0.25, 0.3) is 0 Å². The number of hydrogen-bond donors (Lipinski definition) is 2. The van der Waals surface area contributed by atoms with Crippen LogP contribution in [-0.2, 0) is 0 Å². The van der Waals surface area contributed by atoms with Crippen molar-refractivity contribution in [1.29, 1.82) is 0 Å². The summed E-state index contributed by atoms with van der Waals surface area (Å²) in [5, 5.41) is 14.3. The SMILES string of the molecule is Oc1cccc(N2CCN(C(=S)Nc3ccc(Cl)cc3)CC2)c1. The molecule has 1 saturated heterocycles. The zero-order valence-electron chi connectivity index (χ0n) is 12.6. The molecule has 1 aliphatic rings. The molecule has 0 amide bonds. The Hall–Kier alpha value is -1.98. The lowest BCUT2D eigenvalue weighted by atomic mass is 10.2. The average molecular weight is 348 g/mol. The molecule has 0 aliphatic carbocycles. The van der Waals surface area contributed by atoms with Crippen molar-refractivity contribution in [3.8, 4) is 5.75 Å². The molecule has 3 rings (SSSR count). The minimum Gasteiger partial charge on any atom is -0.508 e. The van der Waals surface area contributed by atoms with Crippen molar-refractivity contribution >= 4 is 40.3 Å². The van der Waals surface area contributed by atoms with E-state index in [0.29, 0.717) is 10.8 Å². The van der Waals surface area contributed by atoms with Gasteiger partial charge in [-0.15, -0.1) is 0 Å². The van der Waals surface area contributed by atoms with Crippen LogP contribution in [0.3, 0.4) is 0 Å². The molecule has 0 atom stereocenters. The molecule has 0 saturated carbocycles. The number of benzene rings is 2. The summed E-state index contributed by atoms with van der Waals surface area (Å²) in [4.78, 5) is 4.41. The average Bonchev–Trinajstić information content (AvgIpc) is 2.57. The van der Waals surface area contributed by atoms with Gasteiger partial charge in [-0.05, 0) is 48.6 Å². The Balaban J connectivity index is 1.56. The zero-order valence-corrected chi connectivity index (χ0v) is 14.1. The van der Waals surface area contributed by atoms with Crippen LogP contribution >= 0.6 is 23.8 Å². The fourth-order valence-corrected chi connectivity index (χ4v) is 3.02. The molecule has 23 heavy (non-hydrogen) atoms. The molecule has 0 aromatic heterocycles. The summed E-state index contributed by atoms with van der Waals surface area (Å²) in [5.41, 5.74) is 1.98. The van der Waals surface area contributed by atoms with Crippen molar-refractivity contribution in [3.63, 3.8) is 0 Å². The van der Waals surface area contributed by atoms with Gasteiger partial charge in [0.05, 0.1) is 0 Å². The van der Waals surface area contributed by atoms with Crippen LogP contribution < -0.4 is 10.2 Å². The number of phenols is 1. The summed E-state index contributed by atoms with van der Waals surface area (Å²) in [5.74, 6) is 0.296. The Morgan fingerprint density at radius 3 is 2.39 bits per heavy atom. The van der Waals surface area contributed by atoms with Gasteiger partial charge in [-0.3, -0.25) is 0 Å². The number of thiocarbonyl (C=S) groups is 1. The van der Waals surface area contributed by atoms with E-state index in [1.54, 1.807) is 12.1 Å². The summed E-state index contributed by atoms with van der Waals surface area (Å²) in [6, 6.07) is 14.9. The minimum atomic E-state index is 0.296. The van der Waals surface area contributed by atoms with Gasteiger partial charge >= 0.3 is 0 Å². The lowest BCUT2D eigenvalue weighted by Crippen LogP contribution is -2.50. The summed E-state index contributed by atoms with van der Waals surface area (Å²) < 4.78 is 0. The van der Waals surface area contributed by atoms with Gasteiger partial charge in [-0.25, -0.2) is 0 Å². The topological polar surface area (TPSA) is 38.7 Å². The van der Waals surface area contributed by atoms with Crippen LogP contribution in [0.5, 0.6) is 5.75 Å². The molecule has 120 valence electrons. The van der Waals surface area contributed by atoms with Crippen LogP contribution in [0.15, 0.2) is 48.5 Å². The van der Waals surface area contributed by atoms with Crippen LogP contribution in [0.2, 0.25) is 5.02 Å². The first-order valence-electron chi connectivity index (χ1n) is 7.47. The molecule has 2 N–H and O–H groups in total. The van der Waals surface area contributed by atoms with Crippen molar-refractivity contribution in [1.82, 2.24) is 4.90 Å².